The predicted octanol–water partition coefficient (Wildman–Crippen LogP) is 4.01. The summed E-state index contributed by atoms with van der Waals surface area (Å²) in [6.07, 6.45) is -0.434. The maximum absolute atomic E-state index is 13.4. The summed E-state index contributed by atoms with van der Waals surface area (Å²) in [5.74, 6) is -1.08. The standard InChI is InChI=1S/C29H30N5O5P/c1-2-39-29(37)34-15-13-33(14-16-34)28(36)26(20-40-38)32-27(35)25-18-23(30-19-21-9-5-3-6-10-21)17-24(31-25)22-11-7-4-8-12-22/h3-12,17-18,26H,2,13-16,19H2,1H3,(H,30,31)(H,32,35)/t26-/m0/s1. The minimum absolute atomic E-state index is 0.0891. The number of anilines is 1. The Morgan fingerprint density at radius 3 is 2.27 bits per heavy atom. The number of nitrogens with one attached hydrogen (secondary N) is 2. The van der Waals surface area contributed by atoms with Crippen LogP contribution in [-0.4, -0.2) is 71.5 Å². The van der Waals surface area contributed by atoms with Gasteiger partial charge in [-0.15, -0.1) is 0 Å². The van der Waals surface area contributed by atoms with E-state index in [1.807, 2.05) is 66.7 Å². The summed E-state index contributed by atoms with van der Waals surface area (Å²) in [6, 6.07) is 21.5. The number of nitrogens with zero attached hydrogens (tertiary/aromatic N) is 3. The van der Waals surface area contributed by atoms with Crippen LogP contribution < -0.4 is 10.6 Å². The van der Waals surface area contributed by atoms with Crippen molar-refractivity contribution in [3.63, 3.8) is 0 Å². The van der Waals surface area contributed by atoms with Crippen LogP contribution in [0.25, 0.3) is 11.3 Å². The molecular weight excluding hydrogens is 529 g/mol. The molecule has 3 aromatic rings. The fourth-order valence-electron chi connectivity index (χ4n) is 4.22. The molecule has 1 saturated heterocycles. The SMILES string of the molecule is CCOC(=O)N1CCN(C(=O)[C@H](C#P=O)NC(=O)c2cc(NCc3ccccc3)cc(-c3ccccc3)n2)CC1. The number of carbonyl (C=O) groups excluding carboxylic acids is 3. The summed E-state index contributed by atoms with van der Waals surface area (Å²) < 4.78 is 16.4. The Morgan fingerprint density at radius 1 is 0.975 bits per heavy atom. The zero-order valence-corrected chi connectivity index (χ0v) is 23.0. The molecule has 2 heterocycles. The molecular formula is C29H30N5O5P. The van der Waals surface area contributed by atoms with Crippen LogP contribution in [-0.2, 0) is 20.6 Å². The van der Waals surface area contributed by atoms with Crippen molar-refractivity contribution in [2.75, 3.05) is 38.1 Å². The van der Waals surface area contributed by atoms with Gasteiger partial charge in [0.1, 0.15) is 0 Å². The number of piperazine rings is 1. The third-order valence-corrected chi connectivity index (χ3v) is 6.65. The summed E-state index contributed by atoms with van der Waals surface area (Å²) in [4.78, 5) is 46.1. The fraction of sp³-hybridized carbons (Fsp3) is 0.276. The molecule has 0 saturated carbocycles. The van der Waals surface area contributed by atoms with Gasteiger partial charge >= 0.3 is 228 Å². The van der Waals surface area contributed by atoms with Crippen LogP contribution in [0.2, 0.25) is 0 Å². The van der Waals surface area contributed by atoms with Crippen LogP contribution >= 0.6 is 7.92 Å². The van der Waals surface area contributed by atoms with Gasteiger partial charge < -0.3 is 0 Å². The van der Waals surface area contributed by atoms with E-state index in [0.29, 0.717) is 17.9 Å². The number of aromatic nitrogens is 1. The molecule has 4 rings (SSSR count). The van der Waals surface area contributed by atoms with Crippen molar-refractivity contribution in [3.8, 4) is 16.9 Å². The molecule has 11 heteroatoms. The number of hydrogen-bond acceptors (Lipinski definition) is 7. The summed E-state index contributed by atoms with van der Waals surface area (Å²) in [7, 11) is -0.524. The van der Waals surface area contributed by atoms with E-state index in [1.165, 1.54) is 9.80 Å². The predicted molar refractivity (Wildman–Crippen MR) is 151 cm³/mol. The summed E-state index contributed by atoms with van der Waals surface area (Å²) >= 11 is 0. The minimum atomic E-state index is -1.26. The topological polar surface area (TPSA) is 121 Å². The first-order valence-electron chi connectivity index (χ1n) is 12.9. The van der Waals surface area contributed by atoms with Gasteiger partial charge in [-0.05, 0) is 0 Å². The van der Waals surface area contributed by atoms with Crippen molar-refractivity contribution in [3.05, 3.63) is 84.1 Å². The van der Waals surface area contributed by atoms with Gasteiger partial charge in [0.2, 0.25) is 0 Å². The average molecular weight is 560 g/mol. The van der Waals surface area contributed by atoms with Crippen molar-refractivity contribution in [2.45, 2.75) is 19.5 Å². The summed E-state index contributed by atoms with van der Waals surface area (Å²) in [5, 5.41) is 5.96. The number of carbonyl (C=O) groups is 3. The zero-order chi connectivity index (χ0) is 28.3. The molecule has 1 aromatic heterocycles. The van der Waals surface area contributed by atoms with E-state index in [0.717, 1.165) is 11.1 Å². The van der Waals surface area contributed by atoms with E-state index < -0.39 is 31.9 Å². The summed E-state index contributed by atoms with van der Waals surface area (Å²) in [5.41, 5.74) is 5.72. The molecule has 1 aliphatic heterocycles. The van der Waals surface area contributed by atoms with E-state index in [4.69, 9.17) is 4.74 Å². The molecule has 206 valence electrons. The molecule has 40 heavy (non-hydrogen) atoms. The second kappa shape index (κ2) is 14.1. The molecule has 2 N–H and O–H groups in total. The number of amides is 3. The molecule has 1 aliphatic rings. The van der Waals surface area contributed by atoms with Gasteiger partial charge in [0.15, 0.2) is 0 Å². The maximum atomic E-state index is 13.4. The second-order valence-electron chi connectivity index (χ2n) is 8.97. The summed E-state index contributed by atoms with van der Waals surface area (Å²) in [6.45, 7) is 3.60. The van der Waals surface area contributed by atoms with E-state index in [-0.39, 0.29) is 38.5 Å². The van der Waals surface area contributed by atoms with Gasteiger partial charge in [0.05, 0.1) is 0 Å². The number of pyridine rings is 1. The normalized spacial score (nSPS) is 13.5. The van der Waals surface area contributed by atoms with Gasteiger partial charge in [-0.3, -0.25) is 0 Å². The molecule has 1 atom stereocenters. The molecule has 0 radical (unpaired) electrons. The first-order chi connectivity index (χ1) is 19.5. The Balaban J connectivity index is 1.51. The van der Waals surface area contributed by atoms with Gasteiger partial charge in [0, 0.05) is 0 Å². The van der Waals surface area contributed by atoms with Crippen LogP contribution in [0.5, 0.6) is 0 Å². The van der Waals surface area contributed by atoms with Crippen LogP contribution in [0.3, 0.4) is 0 Å². The van der Waals surface area contributed by atoms with Crippen LogP contribution in [0, 0.1) is 5.63 Å². The molecule has 0 aliphatic carbocycles. The van der Waals surface area contributed by atoms with Gasteiger partial charge in [-0.1, -0.05) is 6.07 Å². The first-order valence-corrected chi connectivity index (χ1v) is 13.7. The van der Waals surface area contributed by atoms with Gasteiger partial charge in [0.25, 0.3) is 0 Å². The van der Waals surface area contributed by atoms with Gasteiger partial charge in [-0.25, -0.2) is 0 Å². The van der Waals surface area contributed by atoms with Gasteiger partial charge in [-0.2, -0.15) is 0 Å². The monoisotopic (exact) mass is 559 g/mol. The third-order valence-electron chi connectivity index (χ3n) is 6.29. The Labute approximate surface area is 233 Å². The number of ether oxygens (including phenoxy) is 1. The molecule has 3 amide bonds. The Bertz CT molecular complexity index is 1440. The molecule has 2 aromatic carbocycles. The molecule has 1 fully saturated rings. The van der Waals surface area contributed by atoms with Crippen molar-refractivity contribution >= 4 is 31.5 Å². The van der Waals surface area contributed by atoms with Crippen molar-refractivity contribution in [2.24, 2.45) is 0 Å². The Morgan fingerprint density at radius 2 is 1.62 bits per heavy atom. The molecule has 0 unspecified atom stereocenters. The number of benzene rings is 2. The van der Waals surface area contributed by atoms with Crippen LogP contribution in [0.15, 0.2) is 72.8 Å². The molecule has 0 bridgehead atoms. The van der Waals surface area contributed by atoms with Crippen molar-refractivity contribution in [1.29, 1.82) is 0 Å². The zero-order valence-electron chi connectivity index (χ0n) is 22.1. The third kappa shape index (κ3) is 7.59. The van der Waals surface area contributed by atoms with E-state index in [1.54, 1.807) is 13.0 Å². The van der Waals surface area contributed by atoms with Crippen molar-refractivity contribution < 1.29 is 23.7 Å². The quantitative estimate of drug-likeness (QED) is 0.400. The second-order valence-corrected chi connectivity index (χ2v) is 9.41. The average Bonchev–Trinajstić information content (AvgIpc) is 3.00. The molecule has 10 nitrogen and oxygen atoms in total. The fourth-order valence-corrected chi connectivity index (χ4v) is 4.50. The van der Waals surface area contributed by atoms with Crippen LogP contribution in [0.4, 0.5) is 10.5 Å². The Kier molecular flexibility index (Phi) is 10.1. The first kappa shape index (κ1) is 28.6. The Hall–Kier alpha value is -4.39. The molecule has 0 spiro atoms. The van der Waals surface area contributed by atoms with E-state index >= 15 is 0 Å². The number of hydrogen-bond donors (Lipinski definition) is 2. The number of rotatable bonds is 8. The van der Waals surface area contributed by atoms with Crippen molar-refractivity contribution in [1.82, 2.24) is 20.1 Å². The van der Waals surface area contributed by atoms with Crippen LogP contribution in [0.1, 0.15) is 23.0 Å². The van der Waals surface area contributed by atoms with E-state index in [9.17, 15) is 18.9 Å². The van der Waals surface area contributed by atoms with E-state index in [2.05, 4.69) is 21.2 Å².